The van der Waals surface area contributed by atoms with E-state index in [0.717, 1.165) is 30.6 Å². The summed E-state index contributed by atoms with van der Waals surface area (Å²) in [6, 6.07) is 11.3. The summed E-state index contributed by atoms with van der Waals surface area (Å²) in [7, 11) is 0. The Labute approximate surface area is 192 Å². The summed E-state index contributed by atoms with van der Waals surface area (Å²) in [4.78, 5) is 14.5. The number of hydrogen-bond acceptors (Lipinski definition) is 7. The number of aromatic nitrogens is 4. The monoisotopic (exact) mass is 449 g/mol. The van der Waals surface area contributed by atoms with Crippen molar-refractivity contribution in [1.29, 1.82) is 0 Å². The van der Waals surface area contributed by atoms with Gasteiger partial charge in [-0.3, -0.25) is 4.79 Å². The first-order chi connectivity index (χ1) is 16.0. The first kappa shape index (κ1) is 21.2. The van der Waals surface area contributed by atoms with Crippen LogP contribution in [0.4, 0.5) is 0 Å². The number of piperidine rings is 1. The highest BCUT2D eigenvalue weighted by molar-refractivity contribution is 5.78. The molecule has 2 aromatic heterocycles. The SMILES string of the molecule is CC1(C)Cc2cccc(OCC(=O)N3CCC(Oc4ccc(-n5cccn5)nn4)CC3)c2O1. The molecule has 1 fully saturated rings. The summed E-state index contributed by atoms with van der Waals surface area (Å²) in [6.45, 7) is 5.32. The van der Waals surface area contributed by atoms with Crippen LogP contribution in [0.2, 0.25) is 0 Å². The predicted octanol–water partition coefficient (Wildman–Crippen LogP) is 2.82. The molecule has 5 rings (SSSR count). The minimum absolute atomic E-state index is 0.00662. The van der Waals surface area contributed by atoms with Gasteiger partial charge in [-0.2, -0.15) is 5.10 Å². The van der Waals surface area contributed by atoms with Crippen LogP contribution in [0, 0.1) is 0 Å². The van der Waals surface area contributed by atoms with Crippen molar-refractivity contribution in [2.45, 2.75) is 44.8 Å². The number of rotatable bonds is 6. The highest BCUT2D eigenvalue weighted by Crippen LogP contribution is 2.41. The minimum Gasteiger partial charge on any atom is -0.483 e. The molecule has 33 heavy (non-hydrogen) atoms. The van der Waals surface area contributed by atoms with Crippen LogP contribution in [0.1, 0.15) is 32.3 Å². The summed E-state index contributed by atoms with van der Waals surface area (Å²) < 4.78 is 19.5. The molecule has 0 bridgehead atoms. The fourth-order valence-corrected chi connectivity index (χ4v) is 4.23. The number of para-hydroxylation sites is 1. The molecule has 1 saturated heterocycles. The van der Waals surface area contributed by atoms with Crippen LogP contribution in [0.3, 0.4) is 0 Å². The Morgan fingerprint density at radius 3 is 2.73 bits per heavy atom. The molecular formula is C24H27N5O4. The fourth-order valence-electron chi connectivity index (χ4n) is 4.23. The van der Waals surface area contributed by atoms with Gasteiger partial charge >= 0.3 is 0 Å². The van der Waals surface area contributed by atoms with Crippen LogP contribution >= 0.6 is 0 Å². The molecule has 0 N–H and O–H groups in total. The number of carbonyl (C=O) groups is 1. The Hall–Kier alpha value is -3.62. The van der Waals surface area contributed by atoms with Crippen LogP contribution in [0.25, 0.3) is 5.82 Å². The van der Waals surface area contributed by atoms with Crippen molar-refractivity contribution in [1.82, 2.24) is 24.9 Å². The Morgan fingerprint density at radius 2 is 2.00 bits per heavy atom. The van der Waals surface area contributed by atoms with Crippen molar-refractivity contribution in [3.63, 3.8) is 0 Å². The second kappa shape index (κ2) is 8.73. The lowest BCUT2D eigenvalue weighted by molar-refractivity contribution is -0.135. The summed E-state index contributed by atoms with van der Waals surface area (Å²) in [5, 5.41) is 12.4. The quantitative estimate of drug-likeness (QED) is 0.571. The van der Waals surface area contributed by atoms with E-state index in [0.29, 0.717) is 30.5 Å². The van der Waals surface area contributed by atoms with Gasteiger partial charge in [-0.15, -0.1) is 10.2 Å². The highest BCUT2D eigenvalue weighted by atomic mass is 16.5. The fraction of sp³-hybridized carbons (Fsp3) is 0.417. The molecule has 0 radical (unpaired) electrons. The third kappa shape index (κ3) is 4.76. The number of nitrogens with zero attached hydrogens (tertiary/aromatic N) is 5. The van der Waals surface area contributed by atoms with E-state index in [9.17, 15) is 4.79 Å². The van der Waals surface area contributed by atoms with E-state index < -0.39 is 0 Å². The van der Waals surface area contributed by atoms with Crippen molar-refractivity contribution in [2.24, 2.45) is 0 Å². The van der Waals surface area contributed by atoms with Gasteiger partial charge in [-0.1, -0.05) is 12.1 Å². The van der Waals surface area contributed by atoms with Gasteiger partial charge in [0.15, 0.2) is 23.9 Å². The Bertz CT molecular complexity index is 1110. The van der Waals surface area contributed by atoms with Gasteiger partial charge in [-0.25, -0.2) is 4.68 Å². The van der Waals surface area contributed by atoms with Crippen molar-refractivity contribution >= 4 is 5.91 Å². The summed E-state index contributed by atoms with van der Waals surface area (Å²) in [5.74, 6) is 2.45. The minimum atomic E-state index is -0.252. The molecule has 172 valence electrons. The zero-order valence-corrected chi connectivity index (χ0v) is 18.8. The van der Waals surface area contributed by atoms with E-state index in [1.165, 1.54) is 0 Å². The van der Waals surface area contributed by atoms with E-state index >= 15 is 0 Å². The summed E-state index contributed by atoms with van der Waals surface area (Å²) in [5.41, 5.74) is 0.862. The van der Waals surface area contributed by atoms with Crippen LogP contribution in [0.15, 0.2) is 48.8 Å². The molecule has 3 aromatic rings. The van der Waals surface area contributed by atoms with E-state index in [1.807, 2.05) is 49.1 Å². The number of carbonyl (C=O) groups excluding carboxylic acids is 1. The van der Waals surface area contributed by atoms with Gasteiger partial charge < -0.3 is 19.1 Å². The highest BCUT2D eigenvalue weighted by Gasteiger charge is 2.32. The normalized spacial score (nSPS) is 17.3. The summed E-state index contributed by atoms with van der Waals surface area (Å²) in [6.07, 6.45) is 5.77. The summed E-state index contributed by atoms with van der Waals surface area (Å²) >= 11 is 0. The number of fused-ring (bicyclic) bond motifs is 1. The molecule has 2 aliphatic rings. The molecule has 0 unspecified atom stereocenters. The molecular weight excluding hydrogens is 422 g/mol. The molecule has 0 spiro atoms. The Morgan fingerprint density at radius 1 is 1.15 bits per heavy atom. The van der Waals surface area contributed by atoms with Gasteiger partial charge in [0.25, 0.3) is 5.91 Å². The predicted molar refractivity (Wildman–Crippen MR) is 120 cm³/mol. The number of amides is 1. The van der Waals surface area contributed by atoms with Crippen LogP contribution < -0.4 is 14.2 Å². The maximum atomic E-state index is 12.7. The average molecular weight is 450 g/mol. The maximum Gasteiger partial charge on any atom is 0.260 e. The average Bonchev–Trinajstić information content (AvgIpc) is 3.45. The largest absolute Gasteiger partial charge is 0.483 e. The lowest BCUT2D eigenvalue weighted by atomic mass is 10.0. The molecule has 0 aliphatic carbocycles. The smallest absolute Gasteiger partial charge is 0.260 e. The Balaban J connectivity index is 1.10. The van der Waals surface area contributed by atoms with Crippen molar-refractivity contribution in [2.75, 3.05) is 19.7 Å². The van der Waals surface area contributed by atoms with Crippen molar-refractivity contribution < 1.29 is 19.0 Å². The molecule has 1 aromatic carbocycles. The van der Waals surface area contributed by atoms with E-state index in [2.05, 4.69) is 15.3 Å². The number of benzene rings is 1. The standard InChI is InChI=1S/C24H27N5O4/c1-24(2)15-17-5-3-6-19(23(17)33-24)31-16-22(30)28-13-9-18(10-14-28)32-21-8-7-20(26-27-21)29-12-4-11-25-29/h3-8,11-12,18H,9-10,13-16H2,1-2H3. The molecule has 9 nitrogen and oxygen atoms in total. The second-order valence-electron chi connectivity index (χ2n) is 8.95. The number of likely N-dealkylation sites (tertiary alicyclic amines) is 1. The maximum absolute atomic E-state index is 12.7. The molecule has 1 amide bonds. The van der Waals surface area contributed by atoms with Gasteiger partial charge in [0, 0.05) is 56.4 Å². The van der Waals surface area contributed by atoms with Crippen molar-refractivity contribution in [3.05, 3.63) is 54.4 Å². The van der Waals surface area contributed by atoms with Crippen LogP contribution in [0.5, 0.6) is 17.4 Å². The number of hydrogen-bond donors (Lipinski definition) is 0. The third-order valence-electron chi connectivity index (χ3n) is 5.85. The lowest BCUT2D eigenvalue weighted by Gasteiger charge is -2.31. The number of ether oxygens (including phenoxy) is 3. The zero-order chi connectivity index (χ0) is 22.8. The lowest BCUT2D eigenvalue weighted by Crippen LogP contribution is -2.43. The first-order valence-electron chi connectivity index (χ1n) is 11.2. The first-order valence-corrected chi connectivity index (χ1v) is 11.2. The zero-order valence-electron chi connectivity index (χ0n) is 18.8. The Kier molecular flexibility index (Phi) is 5.62. The van der Waals surface area contributed by atoms with Crippen LogP contribution in [-0.4, -0.2) is 62.2 Å². The topological polar surface area (TPSA) is 91.6 Å². The van der Waals surface area contributed by atoms with E-state index in [1.54, 1.807) is 23.1 Å². The van der Waals surface area contributed by atoms with Gasteiger partial charge in [0.1, 0.15) is 11.7 Å². The van der Waals surface area contributed by atoms with Gasteiger partial charge in [0.05, 0.1) is 0 Å². The van der Waals surface area contributed by atoms with Gasteiger partial charge in [-0.05, 0) is 32.0 Å². The molecule has 9 heteroatoms. The third-order valence-corrected chi connectivity index (χ3v) is 5.85. The molecule has 0 atom stereocenters. The van der Waals surface area contributed by atoms with E-state index in [4.69, 9.17) is 14.2 Å². The molecule has 2 aliphatic heterocycles. The van der Waals surface area contributed by atoms with Gasteiger partial charge in [0.2, 0.25) is 5.88 Å². The van der Waals surface area contributed by atoms with E-state index in [-0.39, 0.29) is 24.2 Å². The molecule has 4 heterocycles. The molecule has 0 saturated carbocycles. The van der Waals surface area contributed by atoms with Crippen LogP contribution in [-0.2, 0) is 11.2 Å². The van der Waals surface area contributed by atoms with Crippen molar-refractivity contribution in [3.8, 4) is 23.2 Å². The second-order valence-corrected chi connectivity index (χ2v) is 8.95.